The lowest BCUT2D eigenvalue weighted by Crippen LogP contribution is -2.51. The maximum absolute atomic E-state index is 5.90. The average molecular weight is 334 g/mol. The Labute approximate surface area is 148 Å². The van der Waals surface area contributed by atoms with Crippen LogP contribution in [0.25, 0.3) is 0 Å². The molecule has 1 aromatic carbocycles. The van der Waals surface area contributed by atoms with E-state index in [2.05, 4.69) is 57.0 Å². The zero-order valence-electron chi connectivity index (χ0n) is 16.3. The van der Waals surface area contributed by atoms with Crippen molar-refractivity contribution in [2.45, 2.75) is 51.7 Å². The molecule has 3 unspecified atom stereocenters. The third-order valence-electron chi connectivity index (χ3n) is 5.76. The molecule has 0 saturated carbocycles. The lowest BCUT2D eigenvalue weighted by atomic mass is 9.68. The van der Waals surface area contributed by atoms with Crippen LogP contribution in [0, 0.1) is 18.8 Å². The largest absolute Gasteiger partial charge is 0.381 e. The molecule has 3 heteroatoms. The van der Waals surface area contributed by atoms with Crippen molar-refractivity contribution in [2.75, 3.05) is 34.4 Å². The number of hydrogen-bond acceptors (Lipinski definition) is 3. The van der Waals surface area contributed by atoms with E-state index in [0.29, 0.717) is 17.8 Å². The number of likely N-dealkylation sites (tertiary alicyclic amines) is 1. The molecule has 5 atom stereocenters. The van der Waals surface area contributed by atoms with E-state index in [0.717, 1.165) is 25.9 Å². The highest BCUT2D eigenvalue weighted by Crippen LogP contribution is 2.43. The SMILES string of the molecule is CCC(OC)[C@H]1CN(C)C[C@@H](C(CC)OC)C1c1cccc(C)c1. The van der Waals surface area contributed by atoms with Gasteiger partial charge in [-0.3, -0.25) is 0 Å². The number of piperidine rings is 1. The molecule has 0 spiro atoms. The second kappa shape index (κ2) is 8.98. The molecular weight excluding hydrogens is 298 g/mol. The van der Waals surface area contributed by atoms with Gasteiger partial charge >= 0.3 is 0 Å². The Kier molecular flexibility index (Phi) is 7.27. The number of methoxy groups -OCH3 is 2. The first-order chi connectivity index (χ1) is 11.5. The van der Waals surface area contributed by atoms with Gasteiger partial charge in [0, 0.05) is 39.1 Å². The summed E-state index contributed by atoms with van der Waals surface area (Å²) in [6, 6.07) is 9.04. The number of ether oxygens (including phenoxy) is 2. The molecule has 0 radical (unpaired) electrons. The molecule has 136 valence electrons. The van der Waals surface area contributed by atoms with E-state index in [9.17, 15) is 0 Å². The third kappa shape index (κ3) is 4.19. The molecule has 0 amide bonds. The minimum Gasteiger partial charge on any atom is -0.381 e. The molecule has 3 nitrogen and oxygen atoms in total. The molecule has 24 heavy (non-hydrogen) atoms. The first kappa shape index (κ1) is 19.4. The molecule has 1 fully saturated rings. The van der Waals surface area contributed by atoms with Gasteiger partial charge in [-0.1, -0.05) is 43.7 Å². The summed E-state index contributed by atoms with van der Waals surface area (Å²) in [5, 5.41) is 0. The van der Waals surface area contributed by atoms with E-state index < -0.39 is 0 Å². The number of aryl methyl sites for hydroxylation is 1. The summed E-state index contributed by atoms with van der Waals surface area (Å²) in [4.78, 5) is 2.46. The van der Waals surface area contributed by atoms with Crippen LogP contribution in [0.2, 0.25) is 0 Å². The summed E-state index contributed by atoms with van der Waals surface area (Å²) in [6.07, 6.45) is 2.67. The Balaban J connectivity index is 2.46. The Bertz CT molecular complexity index is 474. The van der Waals surface area contributed by atoms with Gasteiger partial charge < -0.3 is 14.4 Å². The second-order valence-electron chi connectivity index (χ2n) is 7.35. The average Bonchev–Trinajstić information content (AvgIpc) is 2.57. The monoisotopic (exact) mass is 333 g/mol. The normalized spacial score (nSPS) is 27.8. The number of rotatable bonds is 7. The Morgan fingerprint density at radius 2 is 1.58 bits per heavy atom. The van der Waals surface area contributed by atoms with E-state index in [1.165, 1.54) is 11.1 Å². The summed E-state index contributed by atoms with van der Waals surface area (Å²) in [7, 11) is 5.95. The summed E-state index contributed by atoms with van der Waals surface area (Å²) in [5.74, 6) is 1.47. The maximum atomic E-state index is 5.90. The molecule has 0 aromatic heterocycles. The smallest absolute Gasteiger partial charge is 0.0615 e. The van der Waals surface area contributed by atoms with Crippen LogP contribution in [0.3, 0.4) is 0 Å². The minimum atomic E-state index is 0.287. The van der Waals surface area contributed by atoms with Crippen LogP contribution in [0.1, 0.15) is 43.7 Å². The van der Waals surface area contributed by atoms with Gasteiger partial charge in [-0.05, 0) is 38.3 Å². The Morgan fingerprint density at radius 3 is 2.00 bits per heavy atom. The van der Waals surface area contributed by atoms with Crippen LogP contribution in [0.5, 0.6) is 0 Å². The zero-order valence-corrected chi connectivity index (χ0v) is 16.3. The summed E-state index contributed by atoms with van der Waals surface area (Å²) in [5.41, 5.74) is 2.78. The van der Waals surface area contributed by atoms with Gasteiger partial charge in [0.15, 0.2) is 0 Å². The van der Waals surface area contributed by atoms with Crippen LogP contribution in [0.15, 0.2) is 24.3 Å². The van der Waals surface area contributed by atoms with Crippen molar-refractivity contribution in [2.24, 2.45) is 11.8 Å². The number of nitrogens with zero attached hydrogens (tertiary/aromatic N) is 1. The first-order valence-electron chi connectivity index (χ1n) is 9.36. The molecule has 2 rings (SSSR count). The molecular formula is C21H35NO2. The highest BCUT2D eigenvalue weighted by molar-refractivity contribution is 5.28. The molecule has 1 saturated heterocycles. The van der Waals surface area contributed by atoms with E-state index in [1.807, 2.05) is 14.2 Å². The zero-order chi connectivity index (χ0) is 17.7. The maximum Gasteiger partial charge on any atom is 0.0615 e. The molecule has 1 aromatic rings. The van der Waals surface area contributed by atoms with E-state index in [-0.39, 0.29) is 12.2 Å². The van der Waals surface area contributed by atoms with Crippen molar-refractivity contribution in [3.05, 3.63) is 35.4 Å². The third-order valence-corrected chi connectivity index (χ3v) is 5.76. The Morgan fingerprint density at radius 1 is 1.04 bits per heavy atom. The molecule has 0 bridgehead atoms. The fraction of sp³-hybridized carbons (Fsp3) is 0.714. The summed E-state index contributed by atoms with van der Waals surface area (Å²) in [6.45, 7) is 8.82. The highest BCUT2D eigenvalue weighted by atomic mass is 16.5. The van der Waals surface area contributed by atoms with Gasteiger partial charge in [-0.25, -0.2) is 0 Å². The van der Waals surface area contributed by atoms with Gasteiger partial charge in [0.05, 0.1) is 12.2 Å². The van der Waals surface area contributed by atoms with Gasteiger partial charge in [0.25, 0.3) is 0 Å². The standard InChI is InChI=1S/C21H35NO2/c1-7-19(23-5)17-13-22(4)14-18(20(8-2)24-6)21(17)16-11-9-10-15(3)12-16/h9-12,17-21H,7-8,13-14H2,1-6H3/t17-,18+,19?,20?,21?. The van der Waals surface area contributed by atoms with Crippen molar-refractivity contribution in [3.8, 4) is 0 Å². The van der Waals surface area contributed by atoms with Gasteiger partial charge in [0.1, 0.15) is 0 Å². The van der Waals surface area contributed by atoms with Crippen LogP contribution < -0.4 is 0 Å². The summed E-state index contributed by atoms with van der Waals surface area (Å²) >= 11 is 0. The van der Waals surface area contributed by atoms with Crippen molar-refractivity contribution in [1.82, 2.24) is 4.90 Å². The molecule has 1 aliphatic heterocycles. The van der Waals surface area contributed by atoms with Gasteiger partial charge in [0.2, 0.25) is 0 Å². The summed E-state index contributed by atoms with van der Waals surface area (Å²) < 4.78 is 11.8. The van der Waals surface area contributed by atoms with E-state index >= 15 is 0 Å². The topological polar surface area (TPSA) is 21.7 Å². The van der Waals surface area contributed by atoms with Crippen LogP contribution in [-0.2, 0) is 9.47 Å². The molecule has 0 N–H and O–H groups in total. The second-order valence-corrected chi connectivity index (χ2v) is 7.35. The number of benzene rings is 1. The lowest BCUT2D eigenvalue weighted by Gasteiger charge is -2.47. The van der Waals surface area contributed by atoms with Crippen LogP contribution >= 0.6 is 0 Å². The van der Waals surface area contributed by atoms with Crippen molar-refractivity contribution in [1.29, 1.82) is 0 Å². The van der Waals surface area contributed by atoms with Crippen molar-refractivity contribution in [3.63, 3.8) is 0 Å². The van der Waals surface area contributed by atoms with Crippen LogP contribution in [-0.4, -0.2) is 51.5 Å². The predicted octanol–water partition coefficient (Wildman–Crippen LogP) is 4.11. The highest BCUT2D eigenvalue weighted by Gasteiger charge is 2.43. The molecule has 1 heterocycles. The molecule has 0 aliphatic carbocycles. The van der Waals surface area contributed by atoms with Crippen LogP contribution in [0.4, 0.5) is 0 Å². The van der Waals surface area contributed by atoms with Crippen molar-refractivity contribution < 1.29 is 9.47 Å². The van der Waals surface area contributed by atoms with Crippen molar-refractivity contribution >= 4 is 0 Å². The predicted molar refractivity (Wildman–Crippen MR) is 101 cm³/mol. The molecule has 1 aliphatic rings. The number of hydrogen-bond donors (Lipinski definition) is 0. The minimum absolute atomic E-state index is 0.287. The Hall–Kier alpha value is -0.900. The fourth-order valence-corrected chi connectivity index (χ4v) is 4.70. The fourth-order valence-electron chi connectivity index (χ4n) is 4.70. The van der Waals surface area contributed by atoms with E-state index in [1.54, 1.807) is 0 Å². The van der Waals surface area contributed by atoms with E-state index in [4.69, 9.17) is 9.47 Å². The quantitative estimate of drug-likeness (QED) is 0.749. The first-order valence-corrected chi connectivity index (χ1v) is 9.36. The van der Waals surface area contributed by atoms with Gasteiger partial charge in [-0.2, -0.15) is 0 Å². The van der Waals surface area contributed by atoms with Gasteiger partial charge in [-0.15, -0.1) is 0 Å². The lowest BCUT2D eigenvalue weighted by molar-refractivity contribution is -0.0521.